The molecule has 5 nitrogen and oxygen atoms in total. The third-order valence-electron chi connectivity index (χ3n) is 3.43. The summed E-state index contributed by atoms with van der Waals surface area (Å²) in [5, 5.41) is 1.10. The highest BCUT2D eigenvalue weighted by molar-refractivity contribution is 7.93. The highest BCUT2D eigenvalue weighted by Crippen LogP contribution is 2.14. The Morgan fingerprint density at radius 2 is 1.76 bits per heavy atom. The quantitative estimate of drug-likeness (QED) is 0.933. The van der Waals surface area contributed by atoms with E-state index in [1.807, 2.05) is 30.3 Å². The van der Waals surface area contributed by atoms with Crippen LogP contribution >= 0.6 is 0 Å². The first-order valence-corrected chi connectivity index (χ1v) is 8.58. The van der Waals surface area contributed by atoms with Crippen LogP contribution in [0.3, 0.4) is 0 Å². The zero-order valence-electron chi connectivity index (χ0n) is 12.1. The molecule has 2 rings (SSSR count). The van der Waals surface area contributed by atoms with Gasteiger partial charge in [0.05, 0.1) is 5.41 Å². The van der Waals surface area contributed by atoms with Crippen LogP contribution in [0.2, 0.25) is 0 Å². The second kappa shape index (κ2) is 6.76. The Bertz CT molecular complexity index is 618. The normalized spacial score (nSPS) is 16.6. The van der Waals surface area contributed by atoms with Crippen molar-refractivity contribution >= 4 is 21.6 Å². The van der Waals surface area contributed by atoms with E-state index < -0.39 is 16.1 Å². The van der Waals surface area contributed by atoms with Crippen LogP contribution in [0.4, 0.5) is 4.79 Å². The number of nitrogens with zero attached hydrogens (tertiary/aromatic N) is 1. The number of sulfonamides is 1. The van der Waals surface area contributed by atoms with Gasteiger partial charge in [0.1, 0.15) is 0 Å². The maximum Gasteiger partial charge on any atom is 0.331 e. The lowest BCUT2D eigenvalue weighted by molar-refractivity contribution is 0.192. The Morgan fingerprint density at radius 3 is 2.38 bits per heavy atom. The highest BCUT2D eigenvalue weighted by atomic mass is 32.2. The van der Waals surface area contributed by atoms with Crippen LogP contribution in [0.15, 0.2) is 35.7 Å². The molecule has 1 aromatic carbocycles. The van der Waals surface area contributed by atoms with E-state index in [0.29, 0.717) is 18.7 Å². The fraction of sp³-hybridized carbons (Fsp3) is 0.400. The Labute approximate surface area is 125 Å². The third-order valence-corrected chi connectivity index (χ3v) is 4.56. The average molecular weight is 308 g/mol. The number of carbonyl (C=O) groups excluding carboxylic acids is 1. The first kappa shape index (κ1) is 15.6. The molecule has 1 saturated heterocycles. The van der Waals surface area contributed by atoms with Gasteiger partial charge in [0.15, 0.2) is 0 Å². The van der Waals surface area contributed by atoms with Gasteiger partial charge in [-0.1, -0.05) is 30.3 Å². The summed E-state index contributed by atoms with van der Waals surface area (Å²) in [7, 11) is -3.78. The second-order valence-corrected chi connectivity index (χ2v) is 6.70. The molecule has 1 fully saturated rings. The van der Waals surface area contributed by atoms with E-state index >= 15 is 0 Å². The largest absolute Gasteiger partial charge is 0.331 e. The average Bonchev–Trinajstić information content (AvgIpc) is 2.48. The molecular formula is C15H20N2O3S. The molecule has 0 atom stereocenters. The van der Waals surface area contributed by atoms with Gasteiger partial charge in [0, 0.05) is 13.1 Å². The molecule has 0 saturated carbocycles. The van der Waals surface area contributed by atoms with Crippen molar-refractivity contribution in [2.75, 3.05) is 13.1 Å². The summed E-state index contributed by atoms with van der Waals surface area (Å²) in [5.41, 5.74) is 1.41. The zero-order chi connectivity index (χ0) is 15.3. The van der Waals surface area contributed by atoms with Gasteiger partial charge in [-0.2, -0.15) is 0 Å². The number of benzene rings is 1. The van der Waals surface area contributed by atoms with E-state index in [9.17, 15) is 13.2 Å². The van der Waals surface area contributed by atoms with Crippen LogP contribution in [-0.4, -0.2) is 32.4 Å². The predicted molar refractivity (Wildman–Crippen MR) is 83.0 cm³/mol. The number of piperidine rings is 1. The third kappa shape index (κ3) is 4.60. The Morgan fingerprint density at radius 1 is 1.14 bits per heavy atom. The molecule has 0 spiro atoms. The first-order valence-electron chi connectivity index (χ1n) is 7.03. The molecule has 1 aromatic rings. The smallest absolute Gasteiger partial charge is 0.324 e. The number of amides is 2. The zero-order valence-corrected chi connectivity index (χ0v) is 12.9. The maximum absolute atomic E-state index is 12.0. The number of urea groups is 1. The monoisotopic (exact) mass is 308 g/mol. The summed E-state index contributed by atoms with van der Waals surface area (Å²) in [5.74, 6) is 0. The van der Waals surface area contributed by atoms with Crippen LogP contribution in [0.5, 0.6) is 0 Å². The van der Waals surface area contributed by atoms with Crippen molar-refractivity contribution in [3.05, 3.63) is 41.3 Å². The molecule has 114 valence electrons. The summed E-state index contributed by atoms with van der Waals surface area (Å²) >= 11 is 0. The van der Waals surface area contributed by atoms with Crippen LogP contribution in [-0.2, 0) is 10.0 Å². The highest BCUT2D eigenvalue weighted by Gasteiger charge is 2.20. The Kier molecular flexibility index (Phi) is 5.01. The van der Waals surface area contributed by atoms with Crippen molar-refractivity contribution in [1.29, 1.82) is 0 Å². The minimum atomic E-state index is -3.78. The molecule has 0 aliphatic carbocycles. The summed E-state index contributed by atoms with van der Waals surface area (Å²) in [6.45, 7) is 2.94. The standard InChI is InChI=1S/C15H20N2O3S/c1-13(14-8-4-2-5-9-14)12-21(19,20)16-15(18)17-10-6-3-7-11-17/h2,4-5,8-9,12H,3,6-7,10-11H2,1H3,(H,16,18)/b13-12+. The van der Waals surface area contributed by atoms with E-state index in [0.717, 1.165) is 30.2 Å². The van der Waals surface area contributed by atoms with Gasteiger partial charge in [0.2, 0.25) is 0 Å². The van der Waals surface area contributed by atoms with Gasteiger partial charge in [-0.25, -0.2) is 17.9 Å². The van der Waals surface area contributed by atoms with Gasteiger partial charge in [-0.15, -0.1) is 0 Å². The lowest BCUT2D eigenvalue weighted by Gasteiger charge is -2.26. The molecule has 1 aliphatic rings. The van der Waals surface area contributed by atoms with E-state index in [2.05, 4.69) is 4.72 Å². The molecule has 21 heavy (non-hydrogen) atoms. The first-order chi connectivity index (χ1) is 9.98. The SMILES string of the molecule is C/C(=C\S(=O)(=O)NC(=O)N1CCCCC1)c1ccccc1. The number of likely N-dealkylation sites (tertiary alicyclic amines) is 1. The number of hydrogen-bond acceptors (Lipinski definition) is 3. The van der Waals surface area contributed by atoms with E-state index in [-0.39, 0.29) is 0 Å². The van der Waals surface area contributed by atoms with Crippen molar-refractivity contribution < 1.29 is 13.2 Å². The van der Waals surface area contributed by atoms with E-state index in [1.165, 1.54) is 0 Å². The molecule has 2 amide bonds. The van der Waals surface area contributed by atoms with E-state index in [1.54, 1.807) is 11.8 Å². The van der Waals surface area contributed by atoms with Crippen LogP contribution in [0.25, 0.3) is 5.57 Å². The second-order valence-electron chi connectivity index (χ2n) is 5.17. The van der Waals surface area contributed by atoms with Crippen LogP contribution in [0, 0.1) is 0 Å². The number of rotatable bonds is 3. The lowest BCUT2D eigenvalue weighted by Crippen LogP contribution is -2.44. The topological polar surface area (TPSA) is 66.5 Å². The van der Waals surface area contributed by atoms with Crippen molar-refractivity contribution in [1.82, 2.24) is 9.62 Å². The molecular weight excluding hydrogens is 288 g/mol. The molecule has 6 heteroatoms. The number of allylic oxidation sites excluding steroid dienone is 1. The molecule has 0 radical (unpaired) electrons. The minimum absolute atomic E-state index is 0.535. The van der Waals surface area contributed by atoms with Crippen molar-refractivity contribution in [3.8, 4) is 0 Å². The van der Waals surface area contributed by atoms with Crippen molar-refractivity contribution in [3.63, 3.8) is 0 Å². The van der Waals surface area contributed by atoms with Gasteiger partial charge >= 0.3 is 6.03 Å². The summed E-state index contributed by atoms with van der Waals surface area (Å²) in [6.07, 6.45) is 2.93. The van der Waals surface area contributed by atoms with Gasteiger partial charge < -0.3 is 4.90 Å². The Hall–Kier alpha value is -1.82. The number of hydrogen-bond donors (Lipinski definition) is 1. The van der Waals surface area contributed by atoms with Crippen molar-refractivity contribution in [2.24, 2.45) is 0 Å². The van der Waals surface area contributed by atoms with Crippen LogP contribution < -0.4 is 4.72 Å². The Balaban J connectivity index is 2.06. The lowest BCUT2D eigenvalue weighted by atomic mass is 10.1. The molecule has 1 aliphatic heterocycles. The molecule has 0 unspecified atom stereocenters. The number of carbonyl (C=O) groups is 1. The van der Waals surface area contributed by atoms with E-state index in [4.69, 9.17) is 0 Å². The summed E-state index contributed by atoms with van der Waals surface area (Å²) in [6, 6.07) is 8.66. The summed E-state index contributed by atoms with van der Waals surface area (Å²) in [4.78, 5) is 13.5. The maximum atomic E-state index is 12.0. The fourth-order valence-electron chi connectivity index (χ4n) is 2.31. The number of nitrogens with one attached hydrogen (secondary N) is 1. The molecule has 1 heterocycles. The van der Waals surface area contributed by atoms with Gasteiger partial charge in [0.25, 0.3) is 10.0 Å². The van der Waals surface area contributed by atoms with Crippen molar-refractivity contribution in [2.45, 2.75) is 26.2 Å². The predicted octanol–water partition coefficient (Wildman–Crippen LogP) is 2.57. The fourth-order valence-corrected chi connectivity index (χ4v) is 3.35. The summed E-state index contributed by atoms with van der Waals surface area (Å²) < 4.78 is 26.2. The minimum Gasteiger partial charge on any atom is -0.324 e. The van der Waals surface area contributed by atoms with Gasteiger partial charge in [-0.05, 0) is 37.3 Å². The molecule has 0 aromatic heterocycles. The van der Waals surface area contributed by atoms with Gasteiger partial charge in [-0.3, -0.25) is 0 Å². The molecule has 0 bridgehead atoms. The molecule has 1 N–H and O–H groups in total. The van der Waals surface area contributed by atoms with Crippen LogP contribution in [0.1, 0.15) is 31.7 Å².